The van der Waals surface area contributed by atoms with Crippen molar-refractivity contribution < 1.29 is 4.74 Å². The largest absolute Gasteiger partial charge is 0.376 e. The number of nitrogens with zero attached hydrogens (tertiary/aromatic N) is 1. The zero-order valence-electron chi connectivity index (χ0n) is 7.03. The molecule has 0 aromatic heterocycles. The molecule has 1 aliphatic carbocycles. The Labute approximate surface area is 77.9 Å². The Morgan fingerprint density at radius 3 is 3.08 bits per heavy atom. The minimum absolute atomic E-state index is 0.389. The normalized spacial score (nSPS) is 34.8. The average Bonchev–Trinajstić information content (AvgIpc) is 2.49. The molecule has 1 saturated carbocycles. The third kappa shape index (κ3) is 1.29. The van der Waals surface area contributed by atoms with Gasteiger partial charge in [0.1, 0.15) is 0 Å². The number of ether oxygens (including phenoxy) is 1. The Hall–Kier alpha value is -0.350. The van der Waals surface area contributed by atoms with Crippen LogP contribution in [0.25, 0.3) is 0 Å². The van der Waals surface area contributed by atoms with Gasteiger partial charge in [-0.05, 0) is 31.5 Å². The lowest BCUT2D eigenvalue weighted by molar-refractivity contribution is -0.0288. The number of fused-ring (bicyclic) bond motifs is 1. The maximum Gasteiger partial charge on any atom is 0.166 e. The third-order valence-electron chi connectivity index (χ3n) is 2.77. The molecule has 2 atom stereocenters. The van der Waals surface area contributed by atoms with E-state index in [0.717, 1.165) is 13.2 Å². The van der Waals surface area contributed by atoms with E-state index in [0.29, 0.717) is 17.3 Å². The van der Waals surface area contributed by atoms with E-state index in [9.17, 15) is 0 Å². The lowest BCUT2D eigenvalue weighted by Crippen LogP contribution is -2.53. The van der Waals surface area contributed by atoms with Crippen molar-refractivity contribution in [2.45, 2.75) is 31.4 Å². The fourth-order valence-electron chi connectivity index (χ4n) is 2.20. The summed E-state index contributed by atoms with van der Waals surface area (Å²) in [5, 5.41) is 0.537. The van der Waals surface area contributed by atoms with Gasteiger partial charge in [-0.3, -0.25) is 0 Å². The van der Waals surface area contributed by atoms with Crippen LogP contribution in [0.15, 0.2) is 0 Å². The SMILES string of the molecule is NC(=S)N1CCOC2CCCC21. The van der Waals surface area contributed by atoms with Crippen LogP contribution >= 0.6 is 12.2 Å². The fourth-order valence-corrected chi connectivity index (χ4v) is 2.43. The van der Waals surface area contributed by atoms with Gasteiger partial charge in [-0.1, -0.05) is 0 Å². The van der Waals surface area contributed by atoms with Crippen molar-refractivity contribution >= 4 is 17.3 Å². The molecule has 1 heterocycles. The van der Waals surface area contributed by atoms with Crippen molar-refractivity contribution in [1.82, 2.24) is 4.90 Å². The molecule has 0 radical (unpaired) electrons. The second kappa shape index (κ2) is 3.18. The zero-order chi connectivity index (χ0) is 8.55. The molecule has 0 aromatic carbocycles. The predicted octanol–water partition coefficient (Wildman–Crippen LogP) is 0.483. The number of morpholine rings is 1. The van der Waals surface area contributed by atoms with Crippen molar-refractivity contribution in [1.29, 1.82) is 0 Å². The van der Waals surface area contributed by atoms with E-state index in [-0.39, 0.29) is 0 Å². The maximum absolute atomic E-state index is 5.63. The minimum atomic E-state index is 0.389. The molecule has 2 rings (SSSR count). The molecule has 1 aliphatic heterocycles. The summed E-state index contributed by atoms with van der Waals surface area (Å²) in [6.07, 6.45) is 3.99. The van der Waals surface area contributed by atoms with Gasteiger partial charge in [0.15, 0.2) is 5.11 Å². The maximum atomic E-state index is 5.63. The summed E-state index contributed by atoms with van der Waals surface area (Å²) >= 11 is 4.99. The Morgan fingerprint density at radius 2 is 2.33 bits per heavy atom. The molecule has 3 nitrogen and oxygen atoms in total. The smallest absolute Gasteiger partial charge is 0.166 e. The monoisotopic (exact) mass is 186 g/mol. The first-order valence-electron chi connectivity index (χ1n) is 4.47. The van der Waals surface area contributed by atoms with Crippen molar-refractivity contribution in [3.05, 3.63) is 0 Å². The predicted molar refractivity (Wildman–Crippen MR) is 50.9 cm³/mol. The van der Waals surface area contributed by atoms with Gasteiger partial charge >= 0.3 is 0 Å². The van der Waals surface area contributed by atoms with Crippen molar-refractivity contribution in [3.8, 4) is 0 Å². The van der Waals surface area contributed by atoms with E-state index < -0.39 is 0 Å². The van der Waals surface area contributed by atoms with Crippen molar-refractivity contribution in [2.75, 3.05) is 13.2 Å². The Kier molecular flexibility index (Phi) is 2.19. The van der Waals surface area contributed by atoms with Gasteiger partial charge < -0.3 is 15.4 Å². The molecule has 4 heteroatoms. The van der Waals surface area contributed by atoms with E-state index in [1.807, 2.05) is 0 Å². The highest BCUT2D eigenvalue weighted by Crippen LogP contribution is 2.29. The number of rotatable bonds is 0. The van der Waals surface area contributed by atoms with Crippen LogP contribution < -0.4 is 5.73 Å². The van der Waals surface area contributed by atoms with Gasteiger partial charge in [0, 0.05) is 6.54 Å². The fraction of sp³-hybridized carbons (Fsp3) is 0.875. The number of thiocarbonyl (C=S) groups is 1. The highest BCUT2D eigenvalue weighted by Gasteiger charge is 2.36. The second-order valence-corrected chi connectivity index (χ2v) is 3.86. The van der Waals surface area contributed by atoms with Crippen LogP contribution in [0.3, 0.4) is 0 Å². The minimum Gasteiger partial charge on any atom is -0.376 e. The van der Waals surface area contributed by atoms with Crippen LogP contribution in [-0.2, 0) is 4.74 Å². The van der Waals surface area contributed by atoms with Gasteiger partial charge in [0.2, 0.25) is 0 Å². The summed E-state index contributed by atoms with van der Waals surface area (Å²) in [5.74, 6) is 0. The molecule has 68 valence electrons. The van der Waals surface area contributed by atoms with Gasteiger partial charge in [0.05, 0.1) is 18.8 Å². The highest BCUT2D eigenvalue weighted by atomic mass is 32.1. The molecular weight excluding hydrogens is 172 g/mol. The zero-order valence-corrected chi connectivity index (χ0v) is 7.85. The standard InChI is InChI=1S/C8H14N2OS/c9-8(12)10-4-5-11-7-3-1-2-6(7)10/h6-7H,1-5H2,(H2,9,12). The van der Waals surface area contributed by atoms with Crippen molar-refractivity contribution in [3.63, 3.8) is 0 Å². The first kappa shape index (κ1) is 8.26. The quantitative estimate of drug-likeness (QED) is 0.559. The topological polar surface area (TPSA) is 38.5 Å². The van der Waals surface area contributed by atoms with Crippen LogP contribution in [0.2, 0.25) is 0 Å². The van der Waals surface area contributed by atoms with Crippen molar-refractivity contribution in [2.24, 2.45) is 5.73 Å². The van der Waals surface area contributed by atoms with Gasteiger partial charge in [-0.25, -0.2) is 0 Å². The second-order valence-electron chi connectivity index (χ2n) is 3.44. The van der Waals surface area contributed by atoms with Crippen LogP contribution in [0.1, 0.15) is 19.3 Å². The first-order valence-corrected chi connectivity index (χ1v) is 4.87. The van der Waals surface area contributed by atoms with Gasteiger partial charge in [0.25, 0.3) is 0 Å². The molecular formula is C8H14N2OS. The summed E-state index contributed by atoms with van der Waals surface area (Å²) in [4.78, 5) is 2.12. The summed E-state index contributed by atoms with van der Waals surface area (Å²) in [5.41, 5.74) is 5.62. The third-order valence-corrected chi connectivity index (χ3v) is 3.00. The molecule has 0 amide bonds. The summed E-state index contributed by atoms with van der Waals surface area (Å²) in [6, 6.07) is 0.469. The van der Waals surface area contributed by atoms with Crippen LogP contribution in [-0.4, -0.2) is 35.3 Å². The molecule has 2 aliphatic rings. The van der Waals surface area contributed by atoms with E-state index in [1.54, 1.807) is 0 Å². The Balaban J connectivity index is 2.08. The Bertz CT molecular complexity index is 197. The molecule has 2 fully saturated rings. The molecule has 1 saturated heterocycles. The molecule has 12 heavy (non-hydrogen) atoms. The summed E-state index contributed by atoms with van der Waals surface area (Å²) in [6.45, 7) is 1.65. The van der Waals surface area contributed by atoms with Gasteiger partial charge in [-0.15, -0.1) is 0 Å². The first-order chi connectivity index (χ1) is 5.79. The van der Waals surface area contributed by atoms with Crippen LogP contribution in [0, 0.1) is 0 Å². The molecule has 0 aromatic rings. The highest BCUT2D eigenvalue weighted by molar-refractivity contribution is 7.80. The molecule has 2 N–H and O–H groups in total. The number of hydrogen-bond donors (Lipinski definition) is 1. The summed E-state index contributed by atoms with van der Waals surface area (Å²) in [7, 11) is 0. The lowest BCUT2D eigenvalue weighted by atomic mass is 10.1. The van der Waals surface area contributed by atoms with E-state index in [4.69, 9.17) is 22.7 Å². The summed E-state index contributed by atoms with van der Waals surface area (Å²) < 4.78 is 5.63. The van der Waals surface area contributed by atoms with E-state index in [1.165, 1.54) is 19.3 Å². The van der Waals surface area contributed by atoms with E-state index in [2.05, 4.69) is 4.90 Å². The number of nitrogens with two attached hydrogens (primary N) is 1. The molecule has 2 unspecified atom stereocenters. The number of hydrogen-bond acceptors (Lipinski definition) is 2. The Morgan fingerprint density at radius 1 is 1.50 bits per heavy atom. The molecule has 0 bridgehead atoms. The van der Waals surface area contributed by atoms with E-state index >= 15 is 0 Å². The van der Waals surface area contributed by atoms with Gasteiger partial charge in [-0.2, -0.15) is 0 Å². The molecule has 0 spiro atoms. The van der Waals surface area contributed by atoms with Crippen LogP contribution in [0.5, 0.6) is 0 Å². The average molecular weight is 186 g/mol. The lowest BCUT2D eigenvalue weighted by Gasteiger charge is -2.37. The van der Waals surface area contributed by atoms with Crippen LogP contribution in [0.4, 0.5) is 0 Å².